The van der Waals surface area contributed by atoms with Crippen molar-refractivity contribution in [2.75, 3.05) is 27.2 Å². The van der Waals surface area contributed by atoms with Crippen LogP contribution >= 0.6 is 0 Å². The maximum Gasteiger partial charge on any atom is 0.305 e. The molecule has 0 aliphatic rings. The van der Waals surface area contributed by atoms with Gasteiger partial charge < -0.3 is 15.0 Å². The van der Waals surface area contributed by atoms with Crippen molar-refractivity contribution in [2.45, 2.75) is 39.7 Å². The van der Waals surface area contributed by atoms with Crippen LogP contribution in [-0.4, -0.2) is 44.1 Å². The third-order valence-electron chi connectivity index (χ3n) is 3.52. The molecule has 0 atom stereocenters. The van der Waals surface area contributed by atoms with Crippen molar-refractivity contribution >= 4 is 11.9 Å². The second-order valence-electron chi connectivity index (χ2n) is 5.61. The van der Waals surface area contributed by atoms with Crippen LogP contribution in [0.4, 0.5) is 0 Å². The molecular weight excluding hydrogens is 290 g/mol. The Morgan fingerprint density at radius 1 is 1.26 bits per heavy atom. The highest BCUT2D eigenvalue weighted by atomic mass is 16.5. The van der Waals surface area contributed by atoms with Gasteiger partial charge in [0, 0.05) is 33.1 Å². The molecule has 1 aromatic rings. The second-order valence-corrected chi connectivity index (χ2v) is 5.61. The Hall–Kier alpha value is -2.04. The normalized spacial score (nSPS) is 11.2. The number of carbonyl (C=O) groups is 1. The number of aliphatic imine (C=N–C) groups is 1. The summed E-state index contributed by atoms with van der Waals surface area (Å²) >= 11 is 0. The minimum absolute atomic E-state index is 0.155. The molecule has 5 heteroatoms. The summed E-state index contributed by atoms with van der Waals surface area (Å²) in [6.45, 7) is 6.50. The molecule has 0 amide bonds. The summed E-state index contributed by atoms with van der Waals surface area (Å²) in [4.78, 5) is 17.8. The summed E-state index contributed by atoms with van der Waals surface area (Å²) in [6, 6.07) is 8.54. The molecule has 1 rings (SSSR count). The van der Waals surface area contributed by atoms with Gasteiger partial charge in [0.1, 0.15) is 0 Å². The standard InChI is InChI=1S/C18H29N3O2/c1-5-19-18(20-13-7-6-8-17(22)23-4)21(3)14-16-11-9-15(2)10-12-16/h9-12H,5-8,13-14H2,1-4H3,(H,19,20). The maximum absolute atomic E-state index is 11.1. The van der Waals surface area contributed by atoms with E-state index in [1.54, 1.807) is 0 Å². The molecular formula is C18H29N3O2. The number of unbranched alkanes of at least 4 members (excludes halogenated alkanes) is 1. The third kappa shape index (κ3) is 7.68. The van der Waals surface area contributed by atoms with Gasteiger partial charge in [-0.2, -0.15) is 0 Å². The van der Waals surface area contributed by atoms with E-state index in [9.17, 15) is 4.79 Å². The number of hydrogen-bond acceptors (Lipinski definition) is 3. The molecule has 1 aromatic carbocycles. The minimum Gasteiger partial charge on any atom is -0.469 e. The first-order chi connectivity index (χ1) is 11.1. The molecule has 0 radical (unpaired) electrons. The van der Waals surface area contributed by atoms with Crippen LogP contribution in [0.3, 0.4) is 0 Å². The fraction of sp³-hybridized carbons (Fsp3) is 0.556. The van der Waals surface area contributed by atoms with Gasteiger partial charge in [-0.05, 0) is 32.3 Å². The number of aryl methyl sites for hydroxylation is 1. The van der Waals surface area contributed by atoms with Crippen molar-refractivity contribution in [3.05, 3.63) is 35.4 Å². The number of guanidine groups is 1. The molecule has 0 bridgehead atoms. The Morgan fingerprint density at radius 3 is 2.57 bits per heavy atom. The van der Waals surface area contributed by atoms with Gasteiger partial charge in [-0.25, -0.2) is 0 Å². The molecule has 0 heterocycles. The van der Waals surface area contributed by atoms with E-state index in [1.165, 1.54) is 18.2 Å². The zero-order chi connectivity index (χ0) is 17.1. The van der Waals surface area contributed by atoms with E-state index in [1.807, 2.05) is 7.05 Å². The zero-order valence-corrected chi connectivity index (χ0v) is 14.8. The lowest BCUT2D eigenvalue weighted by Gasteiger charge is -2.22. The number of benzene rings is 1. The molecule has 23 heavy (non-hydrogen) atoms. The molecule has 0 aliphatic carbocycles. The summed E-state index contributed by atoms with van der Waals surface area (Å²) in [7, 11) is 3.46. The lowest BCUT2D eigenvalue weighted by molar-refractivity contribution is -0.140. The summed E-state index contributed by atoms with van der Waals surface area (Å²) in [5.41, 5.74) is 2.52. The number of ether oxygens (including phenoxy) is 1. The molecule has 0 saturated heterocycles. The van der Waals surface area contributed by atoms with Crippen molar-refractivity contribution in [1.29, 1.82) is 0 Å². The van der Waals surface area contributed by atoms with Crippen LogP contribution in [0.25, 0.3) is 0 Å². The highest BCUT2D eigenvalue weighted by Crippen LogP contribution is 2.06. The molecule has 5 nitrogen and oxygen atoms in total. The number of hydrogen-bond donors (Lipinski definition) is 1. The zero-order valence-electron chi connectivity index (χ0n) is 14.8. The number of esters is 1. The first-order valence-electron chi connectivity index (χ1n) is 8.18. The fourth-order valence-corrected chi connectivity index (χ4v) is 2.18. The number of nitrogens with one attached hydrogen (secondary N) is 1. The van der Waals surface area contributed by atoms with Crippen molar-refractivity contribution in [3.63, 3.8) is 0 Å². The predicted molar refractivity (Wildman–Crippen MR) is 94.5 cm³/mol. The SMILES string of the molecule is CCNC(=NCCCCC(=O)OC)N(C)Cc1ccc(C)cc1. The van der Waals surface area contributed by atoms with Gasteiger partial charge in [0.2, 0.25) is 0 Å². The van der Waals surface area contributed by atoms with E-state index in [-0.39, 0.29) is 5.97 Å². The van der Waals surface area contributed by atoms with Gasteiger partial charge in [0.15, 0.2) is 5.96 Å². The lowest BCUT2D eigenvalue weighted by Crippen LogP contribution is -2.38. The van der Waals surface area contributed by atoms with Crippen LogP contribution in [0.5, 0.6) is 0 Å². The lowest BCUT2D eigenvalue weighted by atomic mass is 10.1. The number of rotatable bonds is 8. The Kier molecular flexibility index (Phi) is 8.80. The number of methoxy groups -OCH3 is 1. The average molecular weight is 319 g/mol. The van der Waals surface area contributed by atoms with Crippen LogP contribution < -0.4 is 5.32 Å². The first-order valence-corrected chi connectivity index (χ1v) is 8.18. The summed E-state index contributed by atoms with van der Waals surface area (Å²) in [6.07, 6.45) is 2.14. The predicted octanol–water partition coefficient (Wildman–Crippen LogP) is 2.74. The molecule has 128 valence electrons. The van der Waals surface area contributed by atoms with E-state index < -0.39 is 0 Å². The smallest absolute Gasteiger partial charge is 0.305 e. The molecule has 0 aromatic heterocycles. The fourth-order valence-electron chi connectivity index (χ4n) is 2.18. The van der Waals surface area contributed by atoms with Gasteiger partial charge in [-0.1, -0.05) is 29.8 Å². The quantitative estimate of drug-likeness (QED) is 0.346. The number of carbonyl (C=O) groups excluding carboxylic acids is 1. The summed E-state index contributed by atoms with van der Waals surface area (Å²) < 4.78 is 4.63. The van der Waals surface area contributed by atoms with E-state index in [0.717, 1.165) is 31.9 Å². The van der Waals surface area contributed by atoms with E-state index in [2.05, 4.69) is 58.1 Å². The van der Waals surface area contributed by atoms with Gasteiger partial charge in [0.25, 0.3) is 0 Å². The van der Waals surface area contributed by atoms with Crippen molar-refractivity contribution in [1.82, 2.24) is 10.2 Å². The van der Waals surface area contributed by atoms with Gasteiger partial charge in [-0.3, -0.25) is 9.79 Å². The largest absolute Gasteiger partial charge is 0.469 e. The maximum atomic E-state index is 11.1. The highest BCUT2D eigenvalue weighted by Gasteiger charge is 2.06. The Bertz CT molecular complexity index is 497. The van der Waals surface area contributed by atoms with Gasteiger partial charge in [0.05, 0.1) is 7.11 Å². The van der Waals surface area contributed by atoms with E-state index in [0.29, 0.717) is 13.0 Å². The monoisotopic (exact) mass is 319 g/mol. The Morgan fingerprint density at radius 2 is 1.96 bits per heavy atom. The second kappa shape index (κ2) is 10.6. The molecule has 0 fully saturated rings. The van der Waals surface area contributed by atoms with Gasteiger partial charge in [-0.15, -0.1) is 0 Å². The molecule has 0 spiro atoms. The summed E-state index contributed by atoms with van der Waals surface area (Å²) in [5.74, 6) is 0.739. The molecule has 1 N–H and O–H groups in total. The Balaban J connectivity index is 2.49. The van der Waals surface area contributed by atoms with E-state index in [4.69, 9.17) is 0 Å². The van der Waals surface area contributed by atoms with E-state index >= 15 is 0 Å². The van der Waals surface area contributed by atoms with Crippen molar-refractivity contribution in [3.8, 4) is 0 Å². The molecule has 0 unspecified atom stereocenters. The van der Waals surface area contributed by atoms with Crippen LogP contribution in [0.1, 0.15) is 37.3 Å². The van der Waals surface area contributed by atoms with Crippen molar-refractivity contribution < 1.29 is 9.53 Å². The summed E-state index contributed by atoms with van der Waals surface area (Å²) in [5, 5.41) is 3.31. The highest BCUT2D eigenvalue weighted by molar-refractivity contribution is 5.79. The molecule has 0 saturated carbocycles. The topological polar surface area (TPSA) is 53.9 Å². The molecule has 0 aliphatic heterocycles. The average Bonchev–Trinajstić information content (AvgIpc) is 2.55. The van der Waals surface area contributed by atoms with Crippen LogP contribution in [0, 0.1) is 6.92 Å². The van der Waals surface area contributed by atoms with Crippen LogP contribution in [0.2, 0.25) is 0 Å². The van der Waals surface area contributed by atoms with Crippen molar-refractivity contribution in [2.24, 2.45) is 4.99 Å². The number of nitrogens with zero attached hydrogens (tertiary/aromatic N) is 2. The van der Waals surface area contributed by atoms with Crippen LogP contribution in [0.15, 0.2) is 29.3 Å². The Labute approximate surface area is 139 Å². The van der Waals surface area contributed by atoms with Gasteiger partial charge >= 0.3 is 5.97 Å². The first kappa shape index (κ1) is 19.0. The third-order valence-corrected chi connectivity index (χ3v) is 3.52. The van der Waals surface area contributed by atoms with Crippen LogP contribution in [-0.2, 0) is 16.1 Å². The minimum atomic E-state index is -0.155.